The van der Waals surface area contributed by atoms with Crippen molar-refractivity contribution >= 4 is 10.0 Å². The summed E-state index contributed by atoms with van der Waals surface area (Å²) >= 11 is 0. The van der Waals surface area contributed by atoms with Gasteiger partial charge < -0.3 is 4.74 Å². The third-order valence-electron chi connectivity index (χ3n) is 4.22. The Morgan fingerprint density at radius 2 is 2.24 bits per heavy atom. The summed E-state index contributed by atoms with van der Waals surface area (Å²) in [6.45, 7) is 3.40. The topological polar surface area (TPSA) is 73.2 Å². The molecule has 1 saturated carbocycles. The van der Waals surface area contributed by atoms with Crippen LogP contribution in [0, 0.1) is 5.92 Å². The van der Waals surface area contributed by atoms with Gasteiger partial charge in [0.15, 0.2) is 0 Å². The van der Waals surface area contributed by atoms with Gasteiger partial charge in [0.1, 0.15) is 6.10 Å². The minimum Gasteiger partial charge on any atom is -0.372 e. The van der Waals surface area contributed by atoms with E-state index in [0.29, 0.717) is 18.9 Å². The van der Waals surface area contributed by atoms with Crippen LogP contribution in [0.5, 0.6) is 0 Å². The molecule has 2 fully saturated rings. The van der Waals surface area contributed by atoms with Crippen molar-refractivity contribution in [1.82, 2.24) is 14.5 Å². The molecule has 0 aromatic carbocycles. The second-order valence-electron chi connectivity index (χ2n) is 5.98. The molecule has 1 aliphatic heterocycles. The maximum Gasteiger partial charge on any atom is 0.211 e. The summed E-state index contributed by atoms with van der Waals surface area (Å²) in [7, 11) is -3.22. The molecule has 21 heavy (non-hydrogen) atoms. The van der Waals surface area contributed by atoms with Crippen LogP contribution in [0.4, 0.5) is 0 Å². The van der Waals surface area contributed by atoms with Gasteiger partial charge in [0.05, 0.1) is 18.0 Å². The number of rotatable bonds is 7. The molecule has 0 radical (unpaired) electrons. The molecule has 1 saturated heterocycles. The van der Waals surface area contributed by atoms with E-state index in [0.717, 1.165) is 18.5 Å². The highest BCUT2D eigenvalue weighted by Crippen LogP contribution is 2.33. The van der Waals surface area contributed by atoms with Crippen molar-refractivity contribution in [2.45, 2.75) is 51.3 Å². The van der Waals surface area contributed by atoms with Gasteiger partial charge in [0.25, 0.3) is 0 Å². The van der Waals surface area contributed by atoms with Crippen LogP contribution < -0.4 is 4.72 Å². The third-order valence-corrected chi connectivity index (χ3v) is 5.66. The van der Waals surface area contributed by atoms with Gasteiger partial charge in [0, 0.05) is 24.9 Å². The van der Waals surface area contributed by atoms with Gasteiger partial charge in [-0.3, -0.25) is 4.68 Å². The zero-order valence-electron chi connectivity index (χ0n) is 12.4. The average molecular weight is 313 g/mol. The zero-order chi connectivity index (χ0) is 14.9. The molecule has 118 valence electrons. The summed E-state index contributed by atoms with van der Waals surface area (Å²) in [5, 5.41) is 4.24. The van der Waals surface area contributed by atoms with E-state index in [2.05, 4.69) is 9.82 Å². The molecule has 6 nitrogen and oxygen atoms in total. The van der Waals surface area contributed by atoms with Crippen LogP contribution in [-0.2, 0) is 21.3 Å². The minimum absolute atomic E-state index is 0.177. The van der Waals surface area contributed by atoms with E-state index in [1.54, 1.807) is 6.20 Å². The summed E-state index contributed by atoms with van der Waals surface area (Å²) < 4.78 is 34.7. The lowest BCUT2D eigenvalue weighted by Gasteiger charge is -2.18. The van der Waals surface area contributed by atoms with E-state index in [9.17, 15) is 8.42 Å². The number of sulfonamides is 1. The van der Waals surface area contributed by atoms with Crippen molar-refractivity contribution in [2.24, 2.45) is 5.92 Å². The van der Waals surface area contributed by atoms with Crippen molar-refractivity contribution < 1.29 is 13.2 Å². The smallest absolute Gasteiger partial charge is 0.211 e. The van der Waals surface area contributed by atoms with E-state index < -0.39 is 10.0 Å². The predicted octanol–water partition coefficient (Wildman–Crippen LogP) is 1.45. The van der Waals surface area contributed by atoms with Crippen molar-refractivity contribution in [3.8, 4) is 0 Å². The molecular formula is C14H23N3O3S. The molecule has 1 aliphatic carbocycles. The molecule has 2 heterocycles. The van der Waals surface area contributed by atoms with Gasteiger partial charge in [-0.1, -0.05) is 12.8 Å². The van der Waals surface area contributed by atoms with Crippen LogP contribution in [-0.4, -0.2) is 36.6 Å². The molecule has 0 bridgehead atoms. The number of aromatic nitrogens is 2. The molecule has 0 spiro atoms. The largest absolute Gasteiger partial charge is 0.372 e. The van der Waals surface area contributed by atoms with Crippen molar-refractivity contribution in [2.75, 3.05) is 12.4 Å². The first-order valence-corrected chi connectivity index (χ1v) is 9.36. The van der Waals surface area contributed by atoms with Crippen LogP contribution >= 0.6 is 0 Å². The Bertz CT molecular complexity index is 580. The summed E-state index contributed by atoms with van der Waals surface area (Å²) in [5.41, 5.74) is 0.948. The van der Waals surface area contributed by atoms with Gasteiger partial charge in [-0.15, -0.1) is 0 Å². The van der Waals surface area contributed by atoms with Gasteiger partial charge in [-0.05, 0) is 25.7 Å². The minimum atomic E-state index is -3.22. The predicted molar refractivity (Wildman–Crippen MR) is 79.3 cm³/mol. The quantitative estimate of drug-likeness (QED) is 0.827. The lowest BCUT2D eigenvalue weighted by Crippen LogP contribution is -2.38. The molecule has 7 heteroatoms. The number of hydrogen-bond acceptors (Lipinski definition) is 4. The lowest BCUT2D eigenvalue weighted by molar-refractivity contribution is 0.102. The molecule has 1 aromatic heterocycles. The van der Waals surface area contributed by atoms with E-state index >= 15 is 0 Å². The summed E-state index contributed by atoms with van der Waals surface area (Å²) in [6.07, 6.45) is 7.33. The molecule has 1 N–H and O–H groups in total. The van der Waals surface area contributed by atoms with Crippen LogP contribution in [0.25, 0.3) is 0 Å². The fourth-order valence-corrected chi connectivity index (χ4v) is 4.22. The van der Waals surface area contributed by atoms with Crippen LogP contribution in [0.3, 0.4) is 0 Å². The summed E-state index contributed by atoms with van der Waals surface area (Å²) in [6, 6.07) is -0.177. The Morgan fingerprint density at radius 3 is 2.90 bits per heavy atom. The maximum absolute atomic E-state index is 12.2. The van der Waals surface area contributed by atoms with E-state index in [-0.39, 0.29) is 17.9 Å². The summed E-state index contributed by atoms with van der Waals surface area (Å²) in [4.78, 5) is 0. The number of ether oxygens (including phenoxy) is 1. The van der Waals surface area contributed by atoms with Gasteiger partial charge in [-0.25, -0.2) is 13.1 Å². The second kappa shape index (κ2) is 6.06. The maximum atomic E-state index is 12.2. The fraction of sp³-hybridized carbons (Fsp3) is 0.786. The lowest BCUT2D eigenvalue weighted by atomic mass is 10.1. The normalized spacial score (nSPS) is 26.3. The van der Waals surface area contributed by atoms with E-state index in [4.69, 9.17) is 4.74 Å². The number of aryl methyl sites for hydroxylation is 1. The Kier molecular flexibility index (Phi) is 4.33. The molecule has 2 atom stereocenters. The Labute approximate surface area is 125 Å². The van der Waals surface area contributed by atoms with Crippen LogP contribution in [0.1, 0.15) is 44.3 Å². The SMILES string of the molecule is CCn1cc([C@H]2OCC[C@@H]2NS(=O)(=O)CCC2CC2)cn1. The first-order valence-electron chi connectivity index (χ1n) is 7.71. The molecular weight excluding hydrogens is 290 g/mol. The Hall–Kier alpha value is -0.920. The highest BCUT2D eigenvalue weighted by Gasteiger charge is 2.34. The summed E-state index contributed by atoms with van der Waals surface area (Å²) in [5.74, 6) is 0.856. The van der Waals surface area contributed by atoms with Crippen molar-refractivity contribution in [1.29, 1.82) is 0 Å². The first-order chi connectivity index (χ1) is 10.1. The second-order valence-corrected chi connectivity index (χ2v) is 7.86. The molecule has 3 rings (SSSR count). The van der Waals surface area contributed by atoms with E-state index in [1.807, 2.05) is 17.8 Å². The van der Waals surface area contributed by atoms with Crippen molar-refractivity contribution in [3.05, 3.63) is 18.0 Å². The number of nitrogens with one attached hydrogen (secondary N) is 1. The van der Waals surface area contributed by atoms with Crippen molar-refractivity contribution in [3.63, 3.8) is 0 Å². The molecule has 0 unspecified atom stereocenters. The highest BCUT2D eigenvalue weighted by molar-refractivity contribution is 7.89. The van der Waals surface area contributed by atoms with Gasteiger partial charge in [0.2, 0.25) is 10.0 Å². The number of nitrogens with zero attached hydrogens (tertiary/aromatic N) is 2. The Balaban J connectivity index is 1.62. The van der Waals surface area contributed by atoms with Crippen LogP contribution in [0.15, 0.2) is 12.4 Å². The molecule has 2 aliphatic rings. The number of hydrogen-bond donors (Lipinski definition) is 1. The third kappa shape index (κ3) is 3.84. The standard InChI is InChI=1S/C14H23N3O3S/c1-2-17-10-12(9-15-17)14-13(5-7-20-14)16-21(18,19)8-6-11-3-4-11/h9-11,13-14,16H,2-8H2,1H3/t13-,14+/m0/s1. The van der Waals surface area contributed by atoms with Gasteiger partial charge >= 0.3 is 0 Å². The zero-order valence-corrected chi connectivity index (χ0v) is 13.2. The van der Waals surface area contributed by atoms with Crippen LogP contribution in [0.2, 0.25) is 0 Å². The monoisotopic (exact) mass is 313 g/mol. The molecule has 0 amide bonds. The van der Waals surface area contributed by atoms with E-state index in [1.165, 1.54) is 12.8 Å². The average Bonchev–Trinajstić information content (AvgIpc) is 2.97. The molecule has 1 aromatic rings. The Morgan fingerprint density at radius 1 is 1.43 bits per heavy atom. The van der Waals surface area contributed by atoms with Gasteiger partial charge in [-0.2, -0.15) is 5.10 Å². The highest BCUT2D eigenvalue weighted by atomic mass is 32.2. The fourth-order valence-electron chi connectivity index (χ4n) is 2.76. The first kappa shape index (κ1) is 15.0.